The first-order chi connectivity index (χ1) is 12.2. The number of unbranched alkanes of at least 4 members (excludes halogenated alkanes) is 1. The summed E-state index contributed by atoms with van der Waals surface area (Å²) in [5, 5.41) is 8.76. The zero-order valence-electron chi connectivity index (χ0n) is 15.8. The van der Waals surface area contributed by atoms with Crippen molar-refractivity contribution < 1.29 is 14.4 Å². The van der Waals surface area contributed by atoms with Crippen LogP contribution in [0.2, 0.25) is 0 Å². The molecule has 1 amide bonds. The van der Waals surface area contributed by atoms with E-state index in [4.69, 9.17) is 9.57 Å². The van der Waals surface area contributed by atoms with Gasteiger partial charge in [0.1, 0.15) is 0 Å². The molecule has 0 bridgehead atoms. The molecule has 5 nitrogen and oxygen atoms in total. The van der Waals surface area contributed by atoms with Crippen molar-refractivity contribution in [3.05, 3.63) is 22.4 Å². The number of oxime groups is 1. The lowest BCUT2D eigenvalue weighted by atomic mass is 10.0. The Balaban J connectivity index is 2.02. The van der Waals surface area contributed by atoms with Gasteiger partial charge in [0.25, 0.3) is 5.91 Å². The van der Waals surface area contributed by atoms with E-state index in [9.17, 15) is 4.79 Å². The van der Waals surface area contributed by atoms with Gasteiger partial charge in [0, 0.05) is 19.8 Å². The van der Waals surface area contributed by atoms with Gasteiger partial charge >= 0.3 is 0 Å². The Morgan fingerprint density at radius 1 is 1.36 bits per heavy atom. The van der Waals surface area contributed by atoms with E-state index < -0.39 is 0 Å². The third-order valence-electron chi connectivity index (χ3n) is 3.96. The monoisotopic (exact) mass is 368 g/mol. The molecule has 1 rings (SSSR count). The first-order valence-corrected chi connectivity index (χ1v) is 10.1. The lowest BCUT2D eigenvalue weighted by Gasteiger charge is -2.14. The molecule has 0 aromatic carbocycles. The van der Waals surface area contributed by atoms with Crippen LogP contribution in [-0.4, -0.2) is 38.0 Å². The van der Waals surface area contributed by atoms with E-state index in [1.807, 2.05) is 24.4 Å². The molecule has 0 aliphatic rings. The summed E-state index contributed by atoms with van der Waals surface area (Å²) >= 11 is 1.59. The van der Waals surface area contributed by atoms with Gasteiger partial charge in [-0.2, -0.15) is 0 Å². The lowest BCUT2D eigenvalue weighted by Crippen LogP contribution is -2.28. The number of nitrogens with one attached hydrogen (secondary N) is 1. The van der Waals surface area contributed by atoms with Crippen LogP contribution in [-0.2, 0) is 14.4 Å². The summed E-state index contributed by atoms with van der Waals surface area (Å²) in [6, 6.07) is 3.93. The summed E-state index contributed by atoms with van der Waals surface area (Å²) in [7, 11) is 0. The SMILES string of the molecule is CCCCC(CC)COCCCNC(=O)CO/N=C(/C)c1cccs1. The third-order valence-corrected chi connectivity index (χ3v) is 4.94. The predicted molar refractivity (Wildman–Crippen MR) is 104 cm³/mol. The highest BCUT2D eigenvalue weighted by atomic mass is 32.1. The molecule has 1 unspecified atom stereocenters. The minimum atomic E-state index is -0.155. The molecule has 0 aliphatic carbocycles. The molecule has 0 radical (unpaired) electrons. The molecule has 0 saturated heterocycles. The fraction of sp³-hybridized carbons (Fsp3) is 0.684. The number of carbonyl (C=O) groups excluding carboxylic acids is 1. The molecule has 1 aromatic heterocycles. The largest absolute Gasteiger partial charge is 0.385 e. The van der Waals surface area contributed by atoms with E-state index in [1.54, 1.807) is 11.3 Å². The lowest BCUT2D eigenvalue weighted by molar-refractivity contribution is -0.125. The molecule has 25 heavy (non-hydrogen) atoms. The van der Waals surface area contributed by atoms with Crippen molar-refractivity contribution in [2.45, 2.75) is 52.9 Å². The molecule has 0 fully saturated rings. The first kappa shape index (κ1) is 21.6. The maximum absolute atomic E-state index is 11.7. The highest BCUT2D eigenvalue weighted by molar-refractivity contribution is 7.12. The molecule has 0 aliphatic heterocycles. The molecular weight excluding hydrogens is 336 g/mol. The quantitative estimate of drug-likeness (QED) is 0.304. The topological polar surface area (TPSA) is 59.9 Å². The van der Waals surface area contributed by atoms with Crippen LogP contribution in [0.4, 0.5) is 0 Å². The second-order valence-corrected chi connectivity index (χ2v) is 7.07. The number of amides is 1. The van der Waals surface area contributed by atoms with Crippen LogP contribution < -0.4 is 5.32 Å². The molecule has 0 spiro atoms. The molecule has 142 valence electrons. The van der Waals surface area contributed by atoms with Gasteiger partial charge in [-0.1, -0.05) is 44.3 Å². The van der Waals surface area contributed by atoms with Gasteiger partial charge in [-0.25, -0.2) is 0 Å². The average molecular weight is 369 g/mol. The van der Waals surface area contributed by atoms with E-state index >= 15 is 0 Å². The third kappa shape index (κ3) is 10.2. The van der Waals surface area contributed by atoms with Crippen LogP contribution in [0.25, 0.3) is 0 Å². The van der Waals surface area contributed by atoms with Gasteiger partial charge in [-0.05, 0) is 37.1 Å². The highest BCUT2D eigenvalue weighted by Gasteiger charge is 2.06. The van der Waals surface area contributed by atoms with Crippen molar-refractivity contribution >= 4 is 23.0 Å². The van der Waals surface area contributed by atoms with Gasteiger partial charge in [0.2, 0.25) is 0 Å². The molecule has 6 heteroatoms. The number of rotatable bonds is 14. The standard InChI is InChI=1S/C19H32N2O3S/c1-4-6-9-17(5-2)14-23-12-8-11-20-19(22)15-24-21-16(3)18-10-7-13-25-18/h7,10,13,17H,4-6,8-9,11-12,14-15H2,1-3H3,(H,20,22)/b21-16-. The highest BCUT2D eigenvalue weighted by Crippen LogP contribution is 2.12. The van der Waals surface area contributed by atoms with Crippen molar-refractivity contribution in [3.63, 3.8) is 0 Å². The Bertz CT molecular complexity index is 489. The van der Waals surface area contributed by atoms with E-state index in [2.05, 4.69) is 24.3 Å². The summed E-state index contributed by atoms with van der Waals surface area (Å²) in [6.45, 7) is 8.34. The van der Waals surface area contributed by atoms with Gasteiger partial charge in [0.15, 0.2) is 6.61 Å². The smallest absolute Gasteiger partial charge is 0.260 e. The van der Waals surface area contributed by atoms with Crippen molar-refractivity contribution in [3.8, 4) is 0 Å². The van der Waals surface area contributed by atoms with Crippen LogP contribution in [0.15, 0.2) is 22.7 Å². The fourth-order valence-electron chi connectivity index (χ4n) is 2.32. The first-order valence-electron chi connectivity index (χ1n) is 9.22. The van der Waals surface area contributed by atoms with Crippen LogP contribution >= 0.6 is 11.3 Å². The Labute approximate surface area is 155 Å². The fourth-order valence-corrected chi connectivity index (χ4v) is 2.99. The Hall–Kier alpha value is -1.40. The summed E-state index contributed by atoms with van der Waals surface area (Å²) in [6.07, 6.45) is 5.73. The summed E-state index contributed by atoms with van der Waals surface area (Å²) in [5.41, 5.74) is 0.782. The number of thiophene rings is 1. The van der Waals surface area contributed by atoms with E-state index in [0.29, 0.717) is 19.1 Å². The molecule has 1 heterocycles. The Kier molecular flexibility index (Phi) is 12.0. The second-order valence-electron chi connectivity index (χ2n) is 6.12. The number of ether oxygens (including phenoxy) is 1. The van der Waals surface area contributed by atoms with Crippen LogP contribution in [0, 0.1) is 5.92 Å². The van der Waals surface area contributed by atoms with Crippen LogP contribution in [0.5, 0.6) is 0 Å². The van der Waals surface area contributed by atoms with Crippen molar-refractivity contribution in [1.82, 2.24) is 5.32 Å². The number of hydrogen-bond donors (Lipinski definition) is 1. The molecule has 1 N–H and O–H groups in total. The average Bonchev–Trinajstić information content (AvgIpc) is 3.15. The maximum Gasteiger partial charge on any atom is 0.260 e. The zero-order chi connectivity index (χ0) is 18.3. The summed E-state index contributed by atoms with van der Waals surface area (Å²) < 4.78 is 5.72. The van der Waals surface area contributed by atoms with Crippen LogP contribution in [0.1, 0.15) is 57.8 Å². The van der Waals surface area contributed by atoms with Crippen molar-refractivity contribution in [2.75, 3.05) is 26.4 Å². The van der Waals surface area contributed by atoms with Crippen LogP contribution in [0.3, 0.4) is 0 Å². The predicted octanol–water partition coefficient (Wildman–Crippen LogP) is 4.23. The van der Waals surface area contributed by atoms with Gasteiger partial charge in [0.05, 0.1) is 10.6 Å². The number of carbonyl (C=O) groups is 1. The van der Waals surface area contributed by atoms with Gasteiger partial charge < -0.3 is 14.9 Å². The van der Waals surface area contributed by atoms with Crippen molar-refractivity contribution in [2.24, 2.45) is 11.1 Å². The van der Waals surface area contributed by atoms with E-state index in [0.717, 1.165) is 23.6 Å². The zero-order valence-corrected chi connectivity index (χ0v) is 16.6. The Morgan fingerprint density at radius 3 is 2.88 bits per heavy atom. The normalized spacial score (nSPS) is 12.8. The molecular formula is C19H32N2O3S. The number of hydrogen-bond acceptors (Lipinski definition) is 5. The second kappa shape index (κ2) is 13.8. The van der Waals surface area contributed by atoms with Gasteiger partial charge in [-0.3, -0.25) is 4.79 Å². The summed E-state index contributed by atoms with van der Waals surface area (Å²) in [4.78, 5) is 17.8. The van der Waals surface area contributed by atoms with Crippen molar-refractivity contribution in [1.29, 1.82) is 0 Å². The van der Waals surface area contributed by atoms with Gasteiger partial charge in [-0.15, -0.1) is 11.3 Å². The Morgan fingerprint density at radius 2 is 2.20 bits per heavy atom. The van der Waals surface area contributed by atoms with E-state index in [1.165, 1.54) is 25.7 Å². The number of nitrogens with zero attached hydrogens (tertiary/aromatic N) is 1. The maximum atomic E-state index is 11.7. The molecule has 1 atom stereocenters. The van der Waals surface area contributed by atoms with E-state index in [-0.39, 0.29) is 12.5 Å². The molecule has 0 saturated carbocycles. The molecule has 1 aromatic rings. The summed E-state index contributed by atoms with van der Waals surface area (Å²) in [5.74, 6) is 0.504. The minimum Gasteiger partial charge on any atom is -0.385 e. The minimum absolute atomic E-state index is 0.0570.